The molecule has 36 heavy (non-hydrogen) atoms. The first-order valence-corrected chi connectivity index (χ1v) is 10.7. The van der Waals surface area contributed by atoms with E-state index in [1.54, 1.807) is 42.6 Å². The van der Waals surface area contributed by atoms with Crippen LogP contribution in [0.15, 0.2) is 95.0 Å². The van der Waals surface area contributed by atoms with E-state index in [1.807, 2.05) is 18.2 Å². The molecule has 182 valence electrons. The zero-order valence-corrected chi connectivity index (χ0v) is 18.6. The lowest BCUT2D eigenvalue weighted by Crippen LogP contribution is -2.40. The van der Waals surface area contributed by atoms with Gasteiger partial charge < -0.3 is 0 Å². The third-order valence-electron chi connectivity index (χ3n) is 5.14. The Labute approximate surface area is 202 Å². The van der Waals surface area contributed by atoms with E-state index in [0.717, 1.165) is 11.5 Å². The first-order chi connectivity index (χ1) is 17.2. The number of rotatable bonds is 2. The van der Waals surface area contributed by atoms with E-state index in [-0.39, 0.29) is 16.8 Å². The van der Waals surface area contributed by atoms with Crippen LogP contribution in [0.2, 0.25) is 0 Å². The lowest BCUT2D eigenvalue weighted by molar-refractivity contribution is -0.131. The molecule has 0 fully saturated rings. The largest absolute Gasteiger partial charge is 0.406 e. The van der Waals surface area contributed by atoms with Crippen molar-refractivity contribution >= 4 is 28.2 Å². The number of hydrogen-bond acceptors (Lipinski definition) is 5. The molecule has 6 nitrogen and oxygen atoms in total. The van der Waals surface area contributed by atoms with Gasteiger partial charge >= 0.3 is 6.18 Å². The summed E-state index contributed by atoms with van der Waals surface area (Å²) < 4.78 is 52.8. The van der Waals surface area contributed by atoms with Gasteiger partial charge in [-0.2, -0.15) is 13.2 Å². The number of para-hydroxylation sites is 2. The van der Waals surface area contributed by atoms with Gasteiger partial charge in [-0.3, -0.25) is 24.5 Å². The summed E-state index contributed by atoms with van der Waals surface area (Å²) in [6.45, 7) is -2.04. The number of alkyl halides is 3. The fourth-order valence-corrected chi connectivity index (χ4v) is 3.64. The molecule has 0 N–H and O–H groups in total. The number of anilines is 1. The van der Waals surface area contributed by atoms with E-state index >= 15 is 0 Å². The number of aromatic nitrogens is 2. The minimum atomic E-state index is -4.65. The normalized spacial score (nSPS) is 13.3. The minimum absolute atomic E-state index is 0.163. The summed E-state index contributed by atoms with van der Waals surface area (Å²) in [6, 6.07) is 19.9. The predicted molar refractivity (Wildman–Crippen MR) is 128 cm³/mol. The van der Waals surface area contributed by atoms with E-state index in [0.29, 0.717) is 21.7 Å². The summed E-state index contributed by atoms with van der Waals surface area (Å²) >= 11 is 0. The molecular formula is C26H18F4N4O2. The Balaban J connectivity index is 0.000000211. The number of halogens is 4. The van der Waals surface area contributed by atoms with Crippen LogP contribution in [0.3, 0.4) is 0 Å². The van der Waals surface area contributed by atoms with E-state index in [4.69, 9.17) is 0 Å². The molecule has 4 aromatic rings. The summed E-state index contributed by atoms with van der Waals surface area (Å²) in [7, 11) is 0. The molecule has 2 heterocycles. The quantitative estimate of drug-likeness (QED) is 0.383. The number of hydrogen-bond donors (Lipinski definition) is 0. The van der Waals surface area contributed by atoms with Crippen LogP contribution in [0.4, 0.5) is 23.2 Å². The smallest absolute Gasteiger partial charge is 0.298 e. The predicted octanol–water partition coefficient (Wildman–Crippen LogP) is 4.56. The minimum Gasteiger partial charge on any atom is -0.298 e. The van der Waals surface area contributed by atoms with E-state index in [1.165, 1.54) is 18.3 Å². The monoisotopic (exact) mass is 494 g/mol. The standard InChI is InChI=1S/C17H12F4N2O.C9H6N2O/c18-13-8-4-7-12-15(11-5-2-1-3-6-11)22-9-14(24)23(16(12)13)10-17(19,20)21;12-9-6-10-5-7-3-1-2-4-8(7)11-9/h1-8H,9-10H2;1-6H. The fourth-order valence-electron chi connectivity index (χ4n) is 3.64. The van der Waals surface area contributed by atoms with Crippen LogP contribution in [0, 0.1) is 5.82 Å². The number of fused-ring (bicyclic) bond motifs is 2. The van der Waals surface area contributed by atoms with Crippen LogP contribution in [0.5, 0.6) is 0 Å². The second-order valence-corrected chi connectivity index (χ2v) is 7.68. The van der Waals surface area contributed by atoms with Gasteiger partial charge in [0.15, 0.2) is 0 Å². The highest BCUT2D eigenvalue weighted by molar-refractivity contribution is 6.19. The number of benzene rings is 3. The third-order valence-corrected chi connectivity index (χ3v) is 5.14. The van der Waals surface area contributed by atoms with E-state index in [9.17, 15) is 27.2 Å². The molecule has 3 aromatic carbocycles. The number of amides is 1. The van der Waals surface area contributed by atoms with Gasteiger partial charge in [0.25, 0.3) is 5.56 Å². The van der Waals surface area contributed by atoms with E-state index in [2.05, 4.69) is 15.0 Å². The van der Waals surface area contributed by atoms with Gasteiger partial charge in [0.2, 0.25) is 5.91 Å². The van der Waals surface area contributed by atoms with E-state index < -0.39 is 31.0 Å². The van der Waals surface area contributed by atoms with Crippen LogP contribution >= 0.6 is 0 Å². The molecule has 0 spiro atoms. The number of nitrogens with zero attached hydrogens (tertiary/aromatic N) is 4. The Morgan fingerprint density at radius 1 is 0.861 bits per heavy atom. The van der Waals surface area contributed by atoms with Gasteiger partial charge in [0.05, 0.1) is 23.1 Å². The van der Waals surface area contributed by atoms with Gasteiger partial charge in [-0.25, -0.2) is 9.37 Å². The summed E-state index contributed by atoms with van der Waals surface area (Å²) in [6.07, 6.45) is -1.81. The van der Waals surface area contributed by atoms with Crippen LogP contribution in [-0.2, 0) is 4.79 Å². The average molecular weight is 494 g/mol. The summed E-state index contributed by atoms with van der Waals surface area (Å²) in [5.41, 5.74) is 1.04. The van der Waals surface area contributed by atoms with Crippen LogP contribution in [0.1, 0.15) is 11.1 Å². The summed E-state index contributed by atoms with van der Waals surface area (Å²) in [4.78, 5) is 35.2. The average Bonchev–Trinajstić information content (AvgIpc) is 3.11. The van der Waals surface area contributed by atoms with Gasteiger partial charge in [-0.05, 0) is 12.1 Å². The lowest BCUT2D eigenvalue weighted by atomic mass is 10.00. The van der Waals surface area contributed by atoms with Crippen molar-refractivity contribution in [3.8, 4) is 0 Å². The zero-order chi connectivity index (χ0) is 25.7. The molecule has 0 saturated carbocycles. The molecule has 1 aromatic heterocycles. The second kappa shape index (κ2) is 10.4. The SMILES string of the molecule is O=C1CN=C(c2ccccc2)c2cccc(F)c2N1CC(F)(F)F.O=c1cncc2ccccc2n1. The maximum atomic E-state index is 14.3. The number of carbonyl (C=O) groups excluding carboxylic acids is 1. The third kappa shape index (κ3) is 5.77. The van der Waals surface area contributed by atoms with Crippen molar-refractivity contribution < 1.29 is 22.4 Å². The Morgan fingerprint density at radius 2 is 1.58 bits per heavy atom. The molecule has 0 saturated heterocycles. The van der Waals surface area contributed by atoms with Crippen molar-refractivity contribution in [2.45, 2.75) is 6.18 Å². The highest BCUT2D eigenvalue weighted by Crippen LogP contribution is 2.32. The zero-order valence-electron chi connectivity index (χ0n) is 18.6. The first-order valence-electron chi connectivity index (χ1n) is 10.7. The second-order valence-electron chi connectivity index (χ2n) is 7.68. The highest BCUT2D eigenvalue weighted by atomic mass is 19.4. The lowest BCUT2D eigenvalue weighted by Gasteiger charge is -2.24. The molecular weight excluding hydrogens is 476 g/mol. The molecule has 0 unspecified atom stereocenters. The molecule has 0 bridgehead atoms. The fraction of sp³-hybridized carbons (Fsp3) is 0.115. The molecule has 5 rings (SSSR count). The van der Waals surface area contributed by atoms with Gasteiger partial charge in [-0.15, -0.1) is 0 Å². The van der Waals surface area contributed by atoms with Crippen LogP contribution < -0.4 is 10.5 Å². The topological polar surface area (TPSA) is 75.5 Å². The molecule has 1 amide bonds. The maximum Gasteiger partial charge on any atom is 0.406 e. The number of aliphatic imine (C=N–C) groups is 1. The molecule has 0 atom stereocenters. The Bertz CT molecular complexity index is 1490. The number of carbonyl (C=O) groups is 1. The molecule has 1 aliphatic rings. The van der Waals surface area contributed by atoms with Crippen molar-refractivity contribution in [2.75, 3.05) is 18.0 Å². The molecule has 0 aliphatic carbocycles. The molecule has 0 radical (unpaired) electrons. The Morgan fingerprint density at radius 3 is 2.33 bits per heavy atom. The number of benzodiazepines with no additional fused rings is 1. The van der Waals surface area contributed by atoms with Gasteiger partial charge in [0.1, 0.15) is 18.9 Å². The van der Waals surface area contributed by atoms with Crippen molar-refractivity contribution in [3.05, 3.63) is 112 Å². The van der Waals surface area contributed by atoms with Crippen molar-refractivity contribution in [3.63, 3.8) is 0 Å². The van der Waals surface area contributed by atoms with Gasteiger partial charge in [-0.1, -0.05) is 60.7 Å². The Kier molecular flexibility index (Phi) is 7.14. The van der Waals surface area contributed by atoms with Crippen LogP contribution in [-0.4, -0.2) is 40.9 Å². The molecule has 1 aliphatic heterocycles. The van der Waals surface area contributed by atoms with Crippen LogP contribution in [0.25, 0.3) is 10.9 Å². The first kappa shape index (κ1) is 24.6. The van der Waals surface area contributed by atoms with Crippen molar-refractivity contribution in [1.29, 1.82) is 0 Å². The highest BCUT2D eigenvalue weighted by Gasteiger charge is 2.37. The van der Waals surface area contributed by atoms with Gasteiger partial charge in [0, 0.05) is 22.7 Å². The summed E-state index contributed by atoms with van der Waals surface area (Å²) in [5, 5.41) is 0.875. The Hall–Kier alpha value is -4.47. The van der Waals surface area contributed by atoms with Crippen molar-refractivity contribution in [2.24, 2.45) is 4.99 Å². The maximum absolute atomic E-state index is 14.3. The summed E-state index contributed by atoms with van der Waals surface area (Å²) in [5.74, 6) is -1.79. The molecule has 10 heteroatoms. The van der Waals surface area contributed by atoms with Crippen molar-refractivity contribution in [1.82, 2.24) is 9.97 Å².